The molecule has 1 saturated heterocycles. The number of aliphatic hydroxyl groups is 1. The number of nitrogens with zero attached hydrogens (tertiary/aromatic N) is 3. The molecule has 6 nitrogen and oxygen atoms in total. The molecule has 0 amide bonds. The average molecular weight is 356 g/mol. The third-order valence-electron chi connectivity index (χ3n) is 4.91. The number of aryl methyl sites for hydroxylation is 2. The van der Waals surface area contributed by atoms with Crippen LogP contribution in [0.3, 0.4) is 0 Å². The van der Waals surface area contributed by atoms with Gasteiger partial charge in [0.05, 0.1) is 6.10 Å². The molecule has 0 bridgehead atoms. The van der Waals surface area contributed by atoms with Crippen molar-refractivity contribution in [2.24, 2.45) is 0 Å². The summed E-state index contributed by atoms with van der Waals surface area (Å²) in [6, 6.07) is 9.27. The van der Waals surface area contributed by atoms with E-state index in [1.165, 1.54) is 0 Å². The number of piperidine rings is 1. The molecule has 2 heterocycles. The molecular weight excluding hydrogens is 328 g/mol. The highest BCUT2D eigenvalue weighted by Gasteiger charge is 2.21. The van der Waals surface area contributed by atoms with Gasteiger partial charge in [-0.05, 0) is 43.9 Å². The van der Waals surface area contributed by atoms with Crippen LogP contribution < -0.4 is 10.2 Å². The molecule has 140 valence electrons. The van der Waals surface area contributed by atoms with Crippen LogP contribution in [0.15, 0.2) is 30.3 Å². The lowest BCUT2D eigenvalue weighted by atomic mass is 10.0. The molecule has 6 heteroatoms. The monoisotopic (exact) mass is 356 g/mol. The Morgan fingerprint density at radius 1 is 1.23 bits per heavy atom. The SMILES string of the molecule is CCc1cc(N2CCC(NC[C@@H](O)c3cccc(O)c3)CC2)nc(C)n1. The van der Waals surface area contributed by atoms with Crippen LogP contribution in [0.1, 0.15) is 43.0 Å². The summed E-state index contributed by atoms with van der Waals surface area (Å²) in [5.74, 6) is 2.03. The number of hydrogen-bond acceptors (Lipinski definition) is 6. The Morgan fingerprint density at radius 3 is 2.69 bits per heavy atom. The van der Waals surface area contributed by atoms with Crippen LogP contribution >= 0.6 is 0 Å². The van der Waals surface area contributed by atoms with Gasteiger partial charge in [0.1, 0.15) is 17.4 Å². The quantitative estimate of drug-likeness (QED) is 0.737. The number of hydrogen-bond donors (Lipinski definition) is 3. The lowest BCUT2D eigenvalue weighted by Gasteiger charge is -2.34. The molecule has 3 rings (SSSR count). The van der Waals surface area contributed by atoms with Gasteiger partial charge in [-0.25, -0.2) is 9.97 Å². The summed E-state index contributed by atoms with van der Waals surface area (Å²) in [7, 11) is 0. The summed E-state index contributed by atoms with van der Waals surface area (Å²) in [6.07, 6.45) is 2.33. The van der Waals surface area contributed by atoms with E-state index in [2.05, 4.69) is 33.2 Å². The summed E-state index contributed by atoms with van der Waals surface area (Å²) < 4.78 is 0. The summed E-state index contributed by atoms with van der Waals surface area (Å²) in [6.45, 7) is 6.43. The summed E-state index contributed by atoms with van der Waals surface area (Å²) in [5.41, 5.74) is 1.82. The molecule has 0 saturated carbocycles. The Balaban J connectivity index is 1.50. The molecule has 3 N–H and O–H groups in total. The fraction of sp³-hybridized carbons (Fsp3) is 0.500. The first-order chi connectivity index (χ1) is 12.5. The number of phenolic OH excluding ortho intramolecular Hbond substituents is 1. The van der Waals surface area contributed by atoms with E-state index in [4.69, 9.17) is 0 Å². The minimum atomic E-state index is -0.614. The van der Waals surface area contributed by atoms with Crippen LogP contribution in [-0.2, 0) is 6.42 Å². The fourth-order valence-corrected chi connectivity index (χ4v) is 3.40. The van der Waals surface area contributed by atoms with Crippen molar-refractivity contribution >= 4 is 5.82 Å². The van der Waals surface area contributed by atoms with Crippen molar-refractivity contribution in [2.75, 3.05) is 24.5 Å². The zero-order valence-corrected chi connectivity index (χ0v) is 15.5. The van der Waals surface area contributed by atoms with E-state index in [9.17, 15) is 10.2 Å². The largest absolute Gasteiger partial charge is 0.508 e. The van der Waals surface area contributed by atoms with Crippen LogP contribution in [-0.4, -0.2) is 45.9 Å². The van der Waals surface area contributed by atoms with Crippen LogP contribution in [0, 0.1) is 6.92 Å². The van der Waals surface area contributed by atoms with Crippen molar-refractivity contribution in [3.63, 3.8) is 0 Å². The zero-order valence-electron chi connectivity index (χ0n) is 15.5. The molecule has 1 aromatic carbocycles. The van der Waals surface area contributed by atoms with Gasteiger partial charge in [0.2, 0.25) is 0 Å². The zero-order chi connectivity index (χ0) is 18.5. The number of benzene rings is 1. The first-order valence-corrected chi connectivity index (χ1v) is 9.35. The minimum absolute atomic E-state index is 0.182. The number of aromatic hydroxyl groups is 1. The smallest absolute Gasteiger partial charge is 0.132 e. The highest BCUT2D eigenvalue weighted by Crippen LogP contribution is 2.21. The molecule has 1 aliphatic heterocycles. The van der Waals surface area contributed by atoms with Gasteiger partial charge in [0.15, 0.2) is 0 Å². The molecule has 0 radical (unpaired) electrons. The second kappa shape index (κ2) is 8.47. The highest BCUT2D eigenvalue weighted by molar-refractivity contribution is 5.40. The molecule has 1 atom stereocenters. The van der Waals surface area contributed by atoms with Crippen molar-refractivity contribution in [1.29, 1.82) is 0 Å². The van der Waals surface area contributed by atoms with E-state index >= 15 is 0 Å². The van der Waals surface area contributed by atoms with E-state index in [0.717, 1.165) is 55.3 Å². The van der Waals surface area contributed by atoms with Gasteiger partial charge < -0.3 is 20.4 Å². The highest BCUT2D eigenvalue weighted by atomic mass is 16.3. The van der Waals surface area contributed by atoms with Crippen molar-refractivity contribution in [1.82, 2.24) is 15.3 Å². The Kier molecular flexibility index (Phi) is 6.06. The number of aromatic nitrogens is 2. The Bertz CT molecular complexity index is 730. The topological polar surface area (TPSA) is 81.5 Å². The molecule has 1 fully saturated rings. The third kappa shape index (κ3) is 4.71. The predicted octanol–water partition coefficient (Wildman–Crippen LogP) is 2.35. The van der Waals surface area contributed by atoms with Gasteiger partial charge in [0, 0.05) is 37.4 Å². The van der Waals surface area contributed by atoms with Crippen LogP contribution in [0.2, 0.25) is 0 Å². The Hall–Kier alpha value is -2.18. The Labute approximate surface area is 154 Å². The molecule has 0 spiro atoms. The second-order valence-electron chi connectivity index (χ2n) is 6.90. The molecule has 2 aromatic rings. The van der Waals surface area contributed by atoms with Gasteiger partial charge >= 0.3 is 0 Å². The van der Waals surface area contributed by atoms with E-state index in [1.807, 2.05) is 13.0 Å². The molecule has 1 aromatic heterocycles. The van der Waals surface area contributed by atoms with Crippen LogP contribution in [0.25, 0.3) is 0 Å². The van der Waals surface area contributed by atoms with E-state index in [1.54, 1.807) is 18.2 Å². The van der Waals surface area contributed by atoms with Crippen molar-refractivity contribution < 1.29 is 10.2 Å². The summed E-state index contributed by atoms with van der Waals surface area (Å²) in [5, 5.41) is 23.3. The molecular formula is C20H28N4O2. The lowest BCUT2D eigenvalue weighted by Crippen LogP contribution is -2.44. The maximum atomic E-state index is 10.3. The number of anilines is 1. The average Bonchev–Trinajstić information content (AvgIpc) is 2.66. The molecule has 1 aliphatic rings. The maximum Gasteiger partial charge on any atom is 0.132 e. The van der Waals surface area contributed by atoms with E-state index in [-0.39, 0.29) is 5.75 Å². The first kappa shape index (κ1) is 18.6. The van der Waals surface area contributed by atoms with E-state index < -0.39 is 6.10 Å². The summed E-state index contributed by atoms with van der Waals surface area (Å²) >= 11 is 0. The number of nitrogens with one attached hydrogen (secondary N) is 1. The van der Waals surface area contributed by atoms with Crippen molar-refractivity contribution in [2.45, 2.75) is 45.3 Å². The summed E-state index contributed by atoms with van der Waals surface area (Å²) in [4.78, 5) is 11.4. The van der Waals surface area contributed by atoms with Gasteiger partial charge in [-0.3, -0.25) is 0 Å². The number of aliphatic hydroxyl groups excluding tert-OH is 1. The standard InChI is InChI=1S/C20H28N4O2/c1-3-16-12-20(23-14(2)22-16)24-9-7-17(8-10-24)21-13-19(26)15-5-4-6-18(25)11-15/h4-6,11-12,17,19,21,25-26H,3,7-10,13H2,1-2H3/t19-/m1/s1. The third-order valence-corrected chi connectivity index (χ3v) is 4.91. The minimum Gasteiger partial charge on any atom is -0.508 e. The van der Waals surface area contributed by atoms with Crippen molar-refractivity contribution in [3.05, 3.63) is 47.4 Å². The maximum absolute atomic E-state index is 10.3. The predicted molar refractivity (Wildman–Crippen MR) is 102 cm³/mol. The molecule has 26 heavy (non-hydrogen) atoms. The number of rotatable bonds is 6. The normalized spacial score (nSPS) is 16.7. The van der Waals surface area contributed by atoms with Gasteiger partial charge in [-0.15, -0.1) is 0 Å². The van der Waals surface area contributed by atoms with Crippen LogP contribution in [0.5, 0.6) is 5.75 Å². The molecule has 0 aliphatic carbocycles. The Morgan fingerprint density at radius 2 is 2.00 bits per heavy atom. The van der Waals surface area contributed by atoms with Gasteiger partial charge in [-0.2, -0.15) is 0 Å². The first-order valence-electron chi connectivity index (χ1n) is 9.35. The number of phenols is 1. The van der Waals surface area contributed by atoms with Crippen molar-refractivity contribution in [3.8, 4) is 5.75 Å². The van der Waals surface area contributed by atoms with Crippen LogP contribution in [0.4, 0.5) is 5.82 Å². The second-order valence-corrected chi connectivity index (χ2v) is 6.90. The lowest BCUT2D eigenvalue weighted by molar-refractivity contribution is 0.167. The molecule has 0 unspecified atom stereocenters. The van der Waals surface area contributed by atoms with E-state index in [0.29, 0.717) is 12.6 Å². The van der Waals surface area contributed by atoms with Gasteiger partial charge in [0.25, 0.3) is 0 Å². The fourth-order valence-electron chi connectivity index (χ4n) is 3.40. The van der Waals surface area contributed by atoms with Gasteiger partial charge in [-0.1, -0.05) is 19.1 Å².